The van der Waals surface area contributed by atoms with E-state index in [1.165, 1.54) is 4.68 Å². The molecule has 0 aromatic carbocycles. The van der Waals surface area contributed by atoms with Gasteiger partial charge in [-0.2, -0.15) is 14.8 Å². The first-order chi connectivity index (χ1) is 13.4. The molecule has 148 valence electrons. The van der Waals surface area contributed by atoms with Crippen LogP contribution in [0.15, 0.2) is 16.1 Å². The van der Waals surface area contributed by atoms with E-state index in [4.69, 9.17) is 0 Å². The molecule has 28 heavy (non-hydrogen) atoms. The highest BCUT2D eigenvalue weighted by Crippen LogP contribution is 2.27. The average molecular weight is 384 g/mol. The molecule has 1 aromatic rings. The van der Waals surface area contributed by atoms with Crippen LogP contribution < -0.4 is 5.32 Å². The summed E-state index contributed by atoms with van der Waals surface area (Å²) >= 11 is 0. The summed E-state index contributed by atoms with van der Waals surface area (Å²) in [6.45, 7) is 4.30. The molecule has 9 heteroatoms. The van der Waals surface area contributed by atoms with Gasteiger partial charge in [0.05, 0.1) is 11.6 Å². The van der Waals surface area contributed by atoms with Gasteiger partial charge in [-0.05, 0) is 52.4 Å². The fourth-order valence-corrected chi connectivity index (χ4v) is 4.09. The Balaban J connectivity index is 1.56. The summed E-state index contributed by atoms with van der Waals surface area (Å²) in [5.41, 5.74) is 1.44. The van der Waals surface area contributed by atoms with Crippen LogP contribution in [0.25, 0.3) is 0 Å². The third-order valence-corrected chi connectivity index (χ3v) is 5.60. The predicted octanol–water partition coefficient (Wildman–Crippen LogP) is 1.52. The molecule has 2 atom stereocenters. The largest absolute Gasteiger partial charge is 0.332 e. The summed E-state index contributed by atoms with van der Waals surface area (Å²) in [6.07, 6.45) is 5.32. The predicted molar refractivity (Wildman–Crippen MR) is 103 cm³/mol. The Morgan fingerprint density at radius 3 is 2.79 bits per heavy atom. The Bertz CT molecular complexity index is 899. The Hall–Kier alpha value is -2.84. The van der Waals surface area contributed by atoms with Crippen LogP contribution in [0.3, 0.4) is 0 Å². The molecule has 3 heterocycles. The zero-order chi connectivity index (χ0) is 19.8. The van der Waals surface area contributed by atoms with Crippen molar-refractivity contribution in [3.63, 3.8) is 0 Å². The molecule has 4 rings (SSSR count). The number of carbonyl (C=O) groups excluding carboxylic acids is 3. The molecule has 3 aliphatic rings. The standard InChI is InChI=1S/C19H24N6O3/c1-11-10-15(21-17(27)18(28)24-9-4-3-6-12(24)2)25(23-11)19-20-14-8-5-7-13(14)16(26)22-19/h10,12-13H,3-9H2,1-2H3,(H,21,27). The first kappa shape index (κ1) is 18.5. The number of amides is 3. The number of hydrogen-bond acceptors (Lipinski definition) is 5. The molecule has 0 radical (unpaired) electrons. The van der Waals surface area contributed by atoms with Crippen molar-refractivity contribution >= 4 is 35.2 Å². The van der Waals surface area contributed by atoms with Crippen molar-refractivity contribution in [1.82, 2.24) is 14.7 Å². The van der Waals surface area contributed by atoms with Gasteiger partial charge in [0.1, 0.15) is 5.82 Å². The lowest BCUT2D eigenvalue weighted by molar-refractivity contribution is -0.145. The lowest BCUT2D eigenvalue weighted by Crippen LogP contribution is -2.47. The van der Waals surface area contributed by atoms with Gasteiger partial charge in [-0.25, -0.2) is 4.99 Å². The second kappa shape index (κ2) is 7.29. The number of aliphatic imine (C=N–C) groups is 2. The molecule has 1 aromatic heterocycles. The van der Waals surface area contributed by atoms with Gasteiger partial charge in [-0.15, -0.1) is 0 Å². The average Bonchev–Trinajstić information content (AvgIpc) is 3.28. The van der Waals surface area contributed by atoms with E-state index in [1.54, 1.807) is 17.9 Å². The van der Waals surface area contributed by atoms with Gasteiger partial charge in [-0.1, -0.05) is 0 Å². The van der Waals surface area contributed by atoms with Gasteiger partial charge < -0.3 is 10.2 Å². The second-order valence-electron chi connectivity index (χ2n) is 7.68. The van der Waals surface area contributed by atoms with E-state index in [9.17, 15) is 14.4 Å². The summed E-state index contributed by atoms with van der Waals surface area (Å²) in [5.74, 6) is -1.29. The normalized spacial score (nSPS) is 24.5. The van der Waals surface area contributed by atoms with Crippen molar-refractivity contribution < 1.29 is 14.4 Å². The minimum absolute atomic E-state index is 0.0460. The molecular formula is C19H24N6O3. The minimum Gasteiger partial charge on any atom is -0.332 e. The highest BCUT2D eigenvalue weighted by Gasteiger charge is 2.34. The zero-order valence-electron chi connectivity index (χ0n) is 16.1. The van der Waals surface area contributed by atoms with E-state index in [2.05, 4.69) is 20.4 Å². The summed E-state index contributed by atoms with van der Waals surface area (Å²) in [4.78, 5) is 47.6. The van der Waals surface area contributed by atoms with Crippen LogP contribution in [0.2, 0.25) is 0 Å². The fourth-order valence-electron chi connectivity index (χ4n) is 4.09. The van der Waals surface area contributed by atoms with Crippen molar-refractivity contribution in [2.75, 3.05) is 11.9 Å². The lowest BCUT2D eigenvalue weighted by Gasteiger charge is -2.32. The molecule has 1 saturated heterocycles. The van der Waals surface area contributed by atoms with E-state index in [-0.39, 0.29) is 29.6 Å². The zero-order valence-corrected chi connectivity index (χ0v) is 16.1. The van der Waals surface area contributed by atoms with Crippen LogP contribution >= 0.6 is 0 Å². The van der Waals surface area contributed by atoms with Crippen molar-refractivity contribution in [2.45, 2.75) is 58.4 Å². The lowest BCUT2D eigenvalue weighted by atomic mass is 10.0. The van der Waals surface area contributed by atoms with Crippen LogP contribution in [0.4, 0.5) is 5.82 Å². The minimum atomic E-state index is -0.718. The van der Waals surface area contributed by atoms with Gasteiger partial charge in [0.25, 0.3) is 11.9 Å². The van der Waals surface area contributed by atoms with Crippen LogP contribution in [-0.2, 0) is 14.4 Å². The first-order valence-corrected chi connectivity index (χ1v) is 9.83. The molecule has 3 amide bonds. The topological polar surface area (TPSA) is 109 Å². The first-order valence-electron chi connectivity index (χ1n) is 9.83. The molecule has 2 aliphatic heterocycles. The number of hydrogen-bond donors (Lipinski definition) is 1. The van der Waals surface area contributed by atoms with E-state index in [0.29, 0.717) is 12.2 Å². The van der Waals surface area contributed by atoms with Crippen molar-refractivity contribution in [2.24, 2.45) is 15.9 Å². The van der Waals surface area contributed by atoms with Gasteiger partial charge in [0.2, 0.25) is 0 Å². The van der Waals surface area contributed by atoms with E-state index in [0.717, 1.165) is 44.2 Å². The quantitative estimate of drug-likeness (QED) is 0.740. The molecule has 2 fully saturated rings. The van der Waals surface area contributed by atoms with Crippen LogP contribution in [-0.4, -0.2) is 56.7 Å². The number of likely N-dealkylation sites (tertiary alicyclic amines) is 1. The third kappa shape index (κ3) is 3.36. The summed E-state index contributed by atoms with van der Waals surface area (Å²) < 4.78 is 1.33. The molecule has 1 N–H and O–H groups in total. The summed E-state index contributed by atoms with van der Waals surface area (Å²) in [6, 6.07) is 1.68. The number of aromatic nitrogens is 2. The molecule has 0 bridgehead atoms. The van der Waals surface area contributed by atoms with Gasteiger partial charge in [-0.3, -0.25) is 14.4 Å². The SMILES string of the molecule is Cc1cc(NC(=O)C(=O)N2CCCCC2C)n(C2=NC(=O)C3CCCC3=N2)n1. The second-order valence-corrected chi connectivity index (χ2v) is 7.68. The third-order valence-electron chi connectivity index (χ3n) is 5.60. The Kier molecular flexibility index (Phi) is 4.82. The highest BCUT2D eigenvalue weighted by atomic mass is 16.2. The maximum Gasteiger partial charge on any atom is 0.315 e. The smallest absolute Gasteiger partial charge is 0.315 e. The number of aryl methyl sites for hydroxylation is 1. The fraction of sp³-hybridized carbons (Fsp3) is 0.579. The van der Waals surface area contributed by atoms with Crippen LogP contribution in [0, 0.1) is 12.8 Å². The molecule has 2 unspecified atom stereocenters. The maximum absolute atomic E-state index is 12.6. The van der Waals surface area contributed by atoms with Crippen LogP contribution in [0.5, 0.6) is 0 Å². The van der Waals surface area contributed by atoms with Gasteiger partial charge in [0.15, 0.2) is 0 Å². The number of rotatable bonds is 1. The molecule has 1 saturated carbocycles. The molecule has 1 aliphatic carbocycles. The Morgan fingerprint density at radius 1 is 1.18 bits per heavy atom. The molecule has 9 nitrogen and oxygen atoms in total. The maximum atomic E-state index is 12.6. The van der Waals surface area contributed by atoms with Crippen molar-refractivity contribution in [1.29, 1.82) is 0 Å². The Morgan fingerprint density at radius 2 is 2.00 bits per heavy atom. The van der Waals surface area contributed by atoms with Crippen molar-refractivity contribution in [3.05, 3.63) is 11.8 Å². The number of carbonyl (C=O) groups is 3. The molecular weight excluding hydrogens is 360 g/mol. The number of anilines is 1. The van der Waals surface area contributed by atoms with E-state index < -0.39 is 11.8 Å². The van der Waals surface area contributed by atoms with Gasteiger partial charge in [0, 0.05) is 24.4 Å². The van der Waals surface area contributed by atoms with Gasteiger partial charge >= 0.3 is 11.8 Å². The van der Waals surface area contributed by atoms with Crippen LogP contribution in [0.1, 0.15) is 51.1 Å². The number of nitrogens with zero attached hydrogens (tertiary/aromatic N) is 5. The van der Waals surface area contributed by atoms with E-state index >= 15 is 0 Å². The van der Waals surface area contributed by atoms with Crippen molar-refractivity contribution in [3.8, 4) is 0 Å². The number of piperidine rings is 1. The molecule has 0 spiro atoms. The Labute approximate surface area is 162 Å². The number of nitrogens with one attached hydrogen (secondary N) is 1. The van der Waals surface area contributed by atoms with E-state index in [1.807, 2.05) is 6.92 Å². The monoisotopic (exact) mass is 384 g/mol. The highest BCUT2D eigenvalue weighted by molar-refractivity contribution is 6.39. The summed E-state index contributed by atoms with van der Waals surface area (Å²) in [5, 5.41) is 6.94. The number of fused-ring (bicyclic) bond motifs is 1. The summed E-state index contributed by atoms with van der Waals surface area (Å²) in [7, 11) is 0.